The minimum Gasteiger partial charge on any atom is -0.452 e. The average Bonchev–Trinajstić information content (AvgIpc) is 3.33. The molecule has 2 unspecified atom stereocenters. The number of hydrogen-bond donors (Lipinski definition) is 1. The largest absolute Gasteiger partial charge is 0.452 e. The second-order valence-corrected chi connectivity index (χ2v) is 9.03. The van der Waals surface area contributed by atoms with E-state index >= 15 is 0 Å². The van der Waals surface area contributed by atoms with Crippen molar-refractivity contribution in [2.75, 3.05) is 19.0 Å². The second kappa shape index (κ2) is 10.6. The number of hydrazone groups is 1. The first kappa shape index (κ1) is 23.5. The molecule has 1 aliphatic carbocycles. The Morgan fingerprint density at radius 3 is 2.44 bits per heavy atom. The van der Waals surface area contributed by atoms with Crippen molar-refractivity contribution < 1.29 is 14.3 Å². The van der Waals surface area contributed by atoms with Crippen LogP contribution in [0.5, 0.6) is 0 Å². The Hall–Kier alpha value is -4.19. The molecular weight excluding hydrogens is 450 g/mol. The van der Waals surface area contributed by atoms with Gasteiger partial charge in [0.2, 0.25) is 0 Å². The van der Waals surface area contributed by atoms with Crippen LogP contribution in [0.3, 0.4) is 0 Å². The molecule has 182 valence electrons. The molecule has 3 aromatic carbocycles. The number of rotatable bonds is 6. The molecule has 0 radical (unpaired) electrons. The number of nitrogens with zero attached hydrogens (tertiary/aromatic N) is 2. The summed E-state index contributed by atoms with van der Waals surface area (Å²) in [5, 5.41) is 9.38. The molecule has 1 N–H and O–H groups in total. The van der Waals surface area contributed by atoms with Gasteiger partial charge in [-0.05, 0) is 54.2 Å². The topological polar surface area (TPSA) is 71.0 Å². The summed E-state index contributed by atoms with van der Waals surface area (Å²) in [4.78, 5) is 26.2. The van der Waals surface area contributed by atoms with E-state index in [1.54, 1.807) is 25.2 Å². The Labute approximate surface area is 211 Å². The van der Waals surface area contributed by atoms with Crippen molar-refractivity contribution in [1.29, 1.82) is 0 Å². The molecule has 5 rings (SSSR count). The van der Waals surface area contributed by atoms with Crippen molar-refractivity contribution in [3.05, 3.63) is 107 Å². The van der Waals surface area contributed by atoms with Crippen LogP contribution in [0.4, 0.5) is 5.69 Å². The highest BCUT2D eigenvalue weighted by Crippen LogP contribution is 2.44. The van der Waals surface area contributed by atoms with Crippen LogP contribution in [0.15, 0.2) is 95.6 Å². The monoisotopic (exact) mass is 479 g/mol. The lowest BCUT2D eigenvalue weighted by Gasteiger charge is -2.29. The van der Waals surface area contributed by atoms with Crippen molar-refractivity contribution in [3.63, 3.8) is 0 Å². The zero-order valence-electron chi connectivity index (χ0n) is 20.3. The molecule has 1 heterocycles. The standard InChI is InChI=1S/C30H29N3O3/c1-31-26-18-9-8-16-24(26)30(35)36-20-27(34)33-29(22-13-6-3-7-14-22)25-17-10-15-23(28(25)32-33)19-21-11-4-2-5-12-21/h2-9,11-14,16,18-19,25,29,31H,10,15,17,20H2,1H3. The van der Waals surface area contributed by atoms with Crippen LogP contribution in [0, 0.1) is 5.92 Å². The number of para-hydroxylation sites is 1. The minimum absolute atomic E-state index is 0.0979. The fraction of sp³-hybridized carbons (Fsp3) is 0.233. The normalized spacial score (nSPS) is 20.0. The molecule has 0 aromatic heterocycles. The lowest BCUT2D eigenvalue weighted by molar-refractivity contribution is -0.137. The third kappa shape index (κ3) is 4.80. The van der Waals surface area contributed by atoms with E-state index in [0.717, 1.165) is 41.7 Å². The van der Waals surface area contributed by atoms with Gasteiger partial charge in [-0.15, -0.1) is 0 Å². The summed E-state index contributed by atoms with van der Waals surface area (Å²) < 4.78 is 5.45. The maximum atomic E-state index is 13.4. The number of ether oxygens (including phenoxy) is 1. The smallest absolute Gasteiger partial charge is 0.340 e. The predicted octanol–water partition coefficient (Wildman–Crippen LogP) is 5.71. The van der Waals surface area contributed by atoms with Crippen LogP contribution in [0.25, 0.3) is 6.08 Å². The van der Waals surface area contributed by atoms with E-state index in [0.29, 0.717) is 11.3 Å². The highest BCUT2D eigenvalue weighted by atomic mass is 16.5. The van der Waals surface area contributed by atoms with E-state index in [2.05, 4.69) is 23.5 Å². The van der Waals surface area contributed by atoms with Gasteiger partial charge in [0.25, 0.3) is 5.91 Å². The summed E-state index contributed by atoms with van der Waals surface area (Å²) in [5.41, 5.74) is 5.31. The number of esters is 1. The van der Waals surface area contributed by atoms with Crippen LogP contribution < -0.4 is 5.32 Å². The number of fused-ring (bicyclic) bond motifs is 1. The molecule has 2 atom stereocenters. The highest BCUT2D eigenvalue weighted by Gasteiger charge is 2.43. The van der Waals surface area contributed by atoms with E-state index in [-0.39, 0.29) is 24.5 Å². The molecular formula is C30H29N3O3. The van der Waals surface area contributed by atoms with Crippen LogP contribution in [0.2, 0.25) is 0 Å². The van der Waals surface area contributed by atoms with Crippen LogP contribution in [-0.4, -0.2) is 36.3 Å². The molecule has 1 amide bonds. The van der Waals surface area contributed by atoms with Crippen LogP contribution >= 0.6 is 0 Å². The second-order valence-electron chi connectivity index (χ2n) is 9.03. The van der Waals surface area contributed by atoms with Gasteiger partial charge in [0.1, 0.15) is 0 Å². The van der Waals surface area contributed by atoms with Crippen LogP contribution in [0.1, 0.15) is 46.8 Å². The maximum absolute atomic E-state index is 13.4. The zero-order valence-corrected chi connectivity index (χ0v) is 20.3. The third-order valence-corrected chi connectivity index (χ3v) is 6.78. The number of benzene rings is 3. The lowest BCUT2D eigenvalue weighted by atomic mass is 9.77. The number of allylic oxidation sites excluding steroid dienone is 1. The van der Waals surface area contributed by atoms with Gasteiger partial charge in [-0.2, -0.15) is 5.10 Å². The lowest BCUT2D eigenvalue weighted by Crippen LogP contribution is -2.34. The molecule has 6 heteroatoms. The van der Waals surface area contributed by atoms with Gasteiger partial charge in [0.05, 0.1) is 17.3 Å². The molecule has 0 bridgehead atoms. The van der Waals surface area contributed by atoms with E-state index in [1.807, 2.05) is 54.6 Å². The number of nitrogens with one attached hydrogen (secondary N) is 1. The first-order valence-corrected chi connectivity index (χ1v) is 12.3. The van der Waals surface area contributed by atoms with Crippen molar-refractivity contribution in [1.82, 2.24) is 5.01 Å². The van der Waals surface area contributed by atoms with Gasteiger partial charge in [0, 0.05) is 18.7 Å². The van der Waals surface area contributed by atoms with E-state index in [1.165, 1.54) is 5.01 Å². The number of hydrogen-bond acceptors (Lipinski definition) is 5. The zero-order chi connectivity index (χ0) is 24.9. The number of anilines is 1. The van der Waals surface area contributed by atoms with E-state index < -0.39 is 5.97 Å². The SMILES string of the molecule is CNc1ccccc1C(=O)OCC(=O)N1N=C2C(=Cc3ccccc3)CCCC2C1c1ccccc1. The van der Waals surface area contributed by atoms with E-state index in [9.17, 15) is 9.59 Å². The molecule has 1 aliphatic heterocycles. The number of carbonyl (C=O) groups excluding carboxylic acids is 2. The van der Waals surface area contributed by atoms with Gasteiger partial charge < -0.3 is 10.1 Å². The molecule has 1 saturated carbocycles. The Kier molecular flexibility index (Phi) is 6.94. The molecule has 0 spiro atoms. The quantitative estimate of drug-likeness (QED) is 0.460. The Balaban J connectivity index is 1.42. The fourth-order valence-corrected chi connectivity index (χ4v) is 5.09. The molecule has 1 fully saturated rings. The Bertz CT molecular complexity index is 1300. The van der Waals surface area contributed by atoms with Crippen LogP contribution in [-0.2, 0) is 9.53 Å². The van der Waals surface area contributed by atoms with E-state index in [4.69, 9.17) is 9.84 Å². The first-order valence-electron chi connectivity index (χ1n) is 12.3. The van der Waals surface area contributed by atoms with Gasteiger partial charge in [-0.25, -0.2) is 9.80 Å². The first-order chi connectivity index (χ1) is 17.7. The minimum atomic E-state index is -0.543. The molecule has 3 aromatic rings. The Morgan fingerprint density at radius 2 is 1.69 bits per heavy atom. The molecule has 6 nitrogen and oxygen atoms in total. The summed E-state index contributed by atoms with van der Waals surface area (Å²) in [6, 6.07) is 27.0. The predicted molar refractivity (Wildman–Crippen MR) is 141 cm³/mol. The van der Waals surface area contributed by atoms with Gasteiger partial charge in [0.15, 0.2) is 6.61 Å². The summed E-state index contributed by atoms with van der Waals surface area (Å²) in [7, 11) is 1.74. The summed E-state index contributed by atoms with van der Waals surface area (Å²) in [5.74, 6) is -0.778. The number of carbonyl (C=O) groups is 2. The van der Waals surface area contributed by atoms with Gasteiger partial charge in [-0.1, -0.05) is 72.8 Å². The van der Waals surface area contributed by atoms with Crippen molar-refractivity contribution >= 4 is 29.4 Å². The summed E-state index contributed by atoms with van der Waals surface area (Å²) >= 11 is 0. The number of amides is 1. The average molecular weight is 480 g/mol. The molecule has 2 aliphatic rings. The van der Waals surface area contributed by atoms with Crippen molar-refractivity contribution in [2.24, 2.45) is 11.0 Å². The molecule has 36 heavy (non-hydrogen) atoms. The maximum Gasteiger partial charge on any atom is 0.340 e. The summed E-state index contributed by atoms with van der Waals surface area (Å²) in [6.07, 6.45) is 5.08. The Morgan fingerprint density at radius 1 is 1.00 bits per heavy atom. The van der Waals surface area contributed by atoms with Gasteiger partial charge >= 0.3 is 5.97 Å². The van der Waals surface area contributed by atoms with Crippen molar-refractivity contribution in [3.8, 4) is 0 Å². The van der Waals surface area contributed by atoms with Crippen molar-refractivity contribution in [2.45, 2.75) is 25.3 Å². The molecule has 0 saturated heterocycles. The fourth-order valence-electron chi connectivity index (χ4n) is 5.09. The summed E-state index contributed by atoms with van der Waals surface area (Å²) in [6.45, 7) is -0.374. The highest BCUT2D eigenvalue weighted by molar-refractivity contribution is 6.08. The third-order valence-electron chi connectivity index (χ3n) is 6.78. The van der Waals surface area contributed by atoms with Gasteiger partial charge in [-0.3, -0.25) is 4.79 Å².